The fraction of sp³-hybridized carbons (Fsp3) is 0.364. The monoisotopic (exact) mass is 474 g/mol. The van der Waals surface area contributed by atoms with Gasteiger partial charge in [0, 0.05) is 18.4 Å². The second kappa shape index (κ2) is 8.29. The molecule has 4 heterocycles. The van der Waals surface area contributed by atoms with E-state index in [1.54, 1.807) is 19.1 Å². The molecule has 0 saturated heterocycles. The van der Waals surface area contributed by atoms with Gasteiger partial charge in [0.25, 0.3) is 5.91 Å². The highest BCUT2D eigenvalue weighted by Crippen LogP contribution is 2.33. The van der Waals surface area contributed by atoms with Crippen molar-refractivity contribution in [1.29, 1.82) is 0 Å². The molecule has 33 heavy (non-hydrogen) atoms. The minimum absolute atomic E-state index is 0.263. The van der Waals surface area contributed by atoms with E-state index in [1.165, 1.54) is 22.1 Å². The van der Waals surface area contributed by atoms with Crippen LogP contribution >= 0.6 is 11.3 Å². The molecule has 5 rings (SSSR count). The van der Waals surface area contributed by atoms with Crippen molar-refractivity contribution < 1.29 is 18.0 Å². The first kappa shape index (κ1) is 21.6. The van der Waals surface area contributed by atoms with Gasteiger partial charge in [-0.05, 0) is 44.0 Å². The van der Waals surface area contributed by atoms with E-state index in [9.17, 15) is 18.0 Å². The van der Waals surface area contributed by atoms with Crippen LogP contribution in [0.25, 0.3) is 15.9 Å². The van der Waals surface area contributed by atoms with Gasteiger partial charge in [0.2, 0.25) is 0 Å². The van der Waals surface area contributed by atoms with Gasteiger partial charge in [0.1, 0.15) is 10.7 Å². The molecule has 0 fully saturated rings. The normalized spacial score (nSPS) is 14.3. The van der Waals surface area contributed by atoms with Crippen LogP contribution in [0.4, 0.5) is 13.2 Å². The van der Waals surface area contributed by atoms with E-state index in [4.69, 9.17) is 0 Å². The highest BCUT2D eigenvalue weighted by atomic mass is 32.1. The average Bonchev–Trinajstić information content (AvgIpc) is 3.42. The topological polar surface area (TPSA) is 77.6 Å². The molecule has 7 nitrogen and oxygen atoms in total. The maximum Gasteiger partial charge on any atom is 0.416 e. The molecule has 11 heteroatoms. The summed E-state index contributed by atoms with van der Waals surface area (Å²) in [6, 6.07) is 6.73. The fourth-order valence-electron chi connectivity index (χ4n) is 4.07. The molecular formula is C22H21F3N6OS. The Morgan fingerprint density at radius 1 is 1.18 bits per heavy atom. The van der Waals surface area contributed by atoms with E-state index in [0.29, 0.717) is 21.1 Å². The maximum absolute atomic E-state index is 13.2. The molecule has 0 saturated carbocycles. The Labute approximate surface area is 191 Å². The molecule has 1 aliphatic heterocycles. The highest BCUT2D eigenvalue weighted by molar-refractivity contribution is 7.20. The standard InChI is InChI=1S/C22H21F3N6OS/c1-13-16-11-17(20(32)26-12-19-28-27-18-8-3-2-4-9-30(18)19)33-21(16)31(29-13)15-7-5-6-14(10-15)22(23,24)25/h5-7,10-11H,2-4,8-9,12H2,1H3,(H,26,32). The number of aromatic nitrogens is 5. The first-order chi connectivity index (χ1) is 15.8. The molecule has 1 N–H and O–H groups in total. The van der Waals surface area contributed by atoms with E-state index in [2.05, 4.69) is 25.2 Å². The number of benzene rings is 1. The second-order valence-electron chi connectivity index (χ2n) is 8.05. The number of nitrogens with one attached hydrogen (secondary N) is 1. The number of alkyl halides is 3. The Morgan fingerprint density at radius 3 is 2.85 bits per heavy atom. The van der Waals surface area contributed by atoms with Crippen LogP contribution in [-0.4, -0.2) is 30.5 Å². The van der Waals surface area contributed by atoms with Gasteiger partial charge >= 0.3 is 6.18 Å². The van der Waals surface area contributed by atoms with Crippen molar-refractivity contribution >= 4 is 27.5 Å². The average molecular weight is 475 g/mol. The first-order valence-corrected chi connectivity index (χ1v) is 11.5. The Kier molecular flexibility index (Phi) is 5.43. The number of nitrogens with zero attached hydrogens (tertiary/aromatic N) is 5. The largest absolute Gasteiger partial charge is 0.416 e. The summed E-state index contributed by atoms with van der Waals surface area (Å²) in [6.07, 6.45) is -0.248. The Hall–Kier alpha value is -3.21. The third-order valence-corrected chi connectivity index (χ3v) is 6.89. The fourth-order valence-corrected chi connectivity index (χ4v) is 5.17. The number of thiophene rings is 1. The molecule has 0 bridgehead atoms. The molecule has 0 unspecified atom stereocenters. The predicted octanol–water partition coefficient (Wildman–Crippen LogP) is 4.66. The van der Waals surface area contributed by atoms with E-state index < -0.39 is 11.7 Å². The number of hydrogen-bond acceptors (Lipinski definition) is 5. The molecule has 4 aromatic rings. The zero-order chi connectivity index (χ0) is 23.2. The van der Waals surface area contributed by atoms with Crippen molar-refractivity contribution in [2.75, 3.05) is 0 Å². The lowest BCUT2D eigenvalue weighted by atomic mass is 10.2. The van der Waals surface area contributed by atoms with Gasteiger partial charge in [-0.2, -0.15) is 18.3 Å². The molecule has 1 aromatic carbocycles. The van der Waals surface area contributed by atoms with E-state index in [0.717, 1.165) is 61.4 Å². The lowest BCUT2D eigenvalue weighted by Crippen LogP contribution is -2.24. The zero-order valence-electron chi connectivity index (χ0n) is 17.8. The van der Waals surface area contributed by atoms with E-state index in [-0.39, 0.29) is 12.5 Å². The summed E-state index contributed by atoms with van der Waals surface area (Å²) in [5, 5.41) is 16.5. The van der Waals surface area contributed by atoms with E-state index in [1.807, 2.05) is 0 Å². The summed E-state index contributed by atoms with van der Waals surface area (Å²) < 4.78 is 43.0. The number of halogens is 3. The van der Waals surface area contributed by atoms with Gasteiger partial charge in [0.05, 0.1) is 28.4 Å². The first-order valence-electron chi connectivity index (χ1n) is 10.7. The molecule has 1 aliphatic rings. The van der Waals surface area contributed by atoms with Crippen molar-refractivity contribution in [2.45, 2.75) is 51.9 Å². The van der Waals surface area contributed by atoms with Crippen LogP contribution in [0.3, 0.4) is 0 Å². The quantitative estimate of drug-likeness (QED) is 0.467. The number of carbonyl (C=O) groups excluding carboxylic acids is 1. The summed E-state index contributed by atoms with van der Waals surface area (Å²) in [5.41, 5.74) is 0.187. The minimum atomic E-state index is -4.45. The second-order valence-corrected chi connectivity index (χ2v) is 9.08. The molecule has 0 spiro atoms. The van der Waals surface area contributed by atoms with Crippen molar-refractivity contribution in [3.63, 3.8) is 0 Å². The number of amides is 1. The Bertz CT molecular complexity index is 1340. The van der Waals surface area contributed by atoms with Gasteiger partial charge in [-0.15, -0.1) is 21.5 Å². The smallest absolute Gasteiger partial charge is 0.344 e. The van der Waals surface area contributed by atoms with Crippen LogP contribution in [0.15, 0.2) is 30.3 Å². The molecule has 172 valence electrons. The van der Waals surface area contributed by atoms with Gasteiger partial charge in [0.15, 0.2) is 5.82 Å². The molecule has 3 aromatic heterocycles. The van der Waals surface area contributed by atoms with Gasteiger partial charge in [-0.1, -0.05) is 12.5 Å². The molecular weight excluding hydrogens is 453 g/mol. The van der Waals surface area contributed by atoms with Crippen LogP contribution < -0.4 is 5.32 Å². The maximum atomic E-state index is 13.2. The number of rotatable bonds is 4. The summed E-state index contributed by atoms with van der Waals surface area (Å²) in [7, 11) is 0. The molecule has 0 atom stereocenters. The molecule has 0 aliphatic carbocycles. The Morgan fingerprint density at radius 2 is 2.03 bits per heavy atom. The minimum Gasteiger partial charge on any atom is -0.344 e. The predicted molar refractivity (Wildman–Crippen MR) is 117 cm³/mol. The van der Waals surface area contributed by atoms with Crippen LogP contribution in [-0.2, 0) is 25.7 Å². The zero-order valence-corrected chi connectivity index (χ0v) is 18.6. The van der Waals surface area contributed by atoms with Crippen molar-refractivity contribution in [1.82, 2.24) is 29.9 Å². The van der Waals surface area contributed by atoms with Crippen LogP contribution in [0.2, 0.25) is 0 Å². The van der Waals surface area contributed by atoms with Crippen LogP contribution in [0.5, 0.6) is 0 Å². The molecule has 0 radical (unpaired) electrons. The third-order valence-electron chi connectivity index (χ3n) is 5.78. The summed E-state index contributed by atoms with van der Waals surface area (Å²) in [6.45, 7) is 2.88. The summed E-state index contributed by atoms with van der Waals surface area (Å²) in [5.74, 6) is 1.42. The SMILES string of the molecule is Cc1nn(-c2cccc(C(F)(F)F)c2)c2sc(C(=O)NCc3nnc4n3CCCCC4)cc12. The van der Waals surface area contributed by atoms with Gasteiger partial charge in [-0.3, -0.25) is 4.79 Å². The van der Waals surface area contributed by atoms with E-state index >= 15 is 0 Å². The lowest BCUT2D eigenvalue weighted by molar-refractivity contribution is -0.137. The van der Waals surface area contributed by atoms with Crippen molar-refractivity contribution in [3.05, 3.63) is 58.1 Å². The third kappa shape index (κ3) is 4.12. The van der Waals surface area contributed by atoms with Crippen LogP contribution in [0, 0.1) is 6.92 Å². The summed E-state index contributed by atoms with van der Waals surface area (Å²) >= 11 is 1.19. The van der Waals surface area contributed by atoms with Crippen LogP contribution in [0.1, 0.15) is 51.8 Å². The summed E-state index contributed by atoms with van der Waals surface area (Å²) in [4.78, 5) is 13.9. The number of fused-ring (bicyclic) bond motifs is 2. The Balaban J connectivity index is 1.39. The highest BCUT2D eigenvalue weighted by Gasteiger charge is 2.31. The van der Waals surface area contributed by atoms with Crippen molar-refractivity contribution in [3.8, 4) is 5.69 Å². The van der Waals surface area contributed by atoms with Gasteiger partial charge in [-0.25, -0.2) is 4.68 Å². The lowest BCUT2D eigenvalue weighted by Gasteiger charge is -2.09. The van der Waals surface area contributed by atoms with Crippen molar-refractivity contribution in [2.24, 2.45) is 0 Å². The number of aryl methyl sites for hydroxylation is 2. The number of hydrogen-bond donors (Lipinski definition) is 1. The number of carbonyl (C=O) groups is 1. The van der Waals surface area contributed by atoms with Gasteiger partial charge < -0.3 is 9.88 Å². The molecule has 1 amide bonds.